The lowest BCUT2D eigenvalue weighted by Crippen LogP contribution is -2.35. The Morgan fingerprint density at radius 3 is 2.83 bits per heavy atom. The van der Waals surface area contributed by atoms with E-state index in [4.69, 9.17) is 22.1 Å². The number of nitrogens with two attached hydrogens (primary N) is 1. The third-order valence-electron chi connectivity index (χ3n) is 3.07. The highest BCUT2D eigenvalue weighted by molar-refractivity contribution is 6.32. The number of pyridine rings is 1. The first kappa shape index (κ1) is 19.6. The van der Waals surface area contributed by atoms with E-state index in [0.29, 0.717) is 12.1 Å². The van der Waals surface area contributed by atoms with E-state index in [1.165, 1.54) is 13.3 Å². The van der Waals surface area contributed by atoms with Crippen LogP contribution in [0.5, 0.6) is 5.88 Å². The fraction of sp³-hybridized carbons (Fsp3) is 0.600. The number of esters is 1. The van der Waals surface area contributed by atoms with Gasteiger partial charge in [-0.2, -0.15) is 0 Å². The molecule has 7 nitrogen and oxygen atoms in total. The number of aliphatic hydroxyl groups is 1. The number of ether oxygens (including phenoxy) is 2. The fourth-order valence-electron chi connectivity index (χ4n) is 1.80. The first-order valence-electron chi connectivity index (χ1n) is 7.36. The largest absolute Gasteiger partial charge is 0.474 e. The third-order valence-corrected chi connectivity index (χ3v) is 3.45. The quantitative estimate of drug-likeness (QED) is 0.574. The van der Waals surface area contributed by atoms with Crippen LogP contribution in [0.15, 0.2) is 12.3 Å². The summed E-state index contributed by atoms with van der Waals surface area (Å²) in [6.07, 6.45) is 0.801. The molecular weight excluding hydrogens is 322 g/mol. The molecule has 1 aromatic rings. The molecule has 23 heavy (non-hydrogen) atoms. The number of halogens is 1. The second-order valence-electron chi connectivity index (χ2n) is 5.43. The minimum atomic E-state index is -0.692. The molecule has 2 unspecified atom stereocenters. The molecule has 0 spiro atoms. The monoisotopic (exact) mass is 345 g/mol. The van der Waals surface area contributed by atoms with Crippen molar-refractivity contribution in [2.75, 3.05) is 20.3 Å². The molecule has 1 heterocycles. The predicted molar refractivity (Wildman–Crippen MR) is 87.4 cm³/mol. The zero-order valence-corrected chi connectivity index (χ0v) is 14.3. The summed E-state index contributed by atoms with van der Waals surface area (Å²) >= 11 is 6.22. The Balaban J connectivity index is 2.67. The van der Waals surface area contributed by atoms with Crippen LogP contribution < -0.4 is 15.8 Å². The van der Waals surface area contributed by atoms with Crippen LogP contribution in [0.3, 0.4) is 0 Å². The van der Waals surface area contributed by atoms with Crippen LogP contribution in [0.2, 0.25) is 5.02 Å². The van der Waals surface area contributed by atoms with Crippen molar-refractivity contribution in [3.8, 4) is 5.88 Å². The Labute approximate surface area is 141 Å². The molecule has 0 aliphatic carbocycles. The maximum Gasteiger partial charge on any atom is 0.307 e. The van der Waals surface area contributed by atoms with Crippen molar-refractivity contribution in [2.45, 2.75) is 38.5 Å². The van der Waals surface area contributed by atoms with Crippen LogP contribution in [0.1, 0.15) is 31.9 Å². The van der Waals surface area contributed by atoms with Gasteiger partial charge in [-0.05, 0) is 11.6 Å². The lowest BCUT2D eigenvalue weighted by atomic mass is 10.1. The third kappa shape index (κ3) is 6.70. The lowest BCUT2D eigenvalue weighted by molar-refractivity contribution is -0.141. The van der Waals surface area contributed by atoms with Crippen molar-refractivity contribution in [3.05, 3.63) is 22.8 Å². The minimum Gasteiger partial charge on any atom is -0.474 e. The standard InChI is InChI=1S/C15H24ClN3O4/c1-9(2)19-7-10(20)8-23-15-14(16)11(4-5-18-15)12(17)6-13(21)22-3/h4-5,9-10,12,19-20H,6-8,17H2,1-3H3. The summed E-state index contributed by atoms with van der Waals surface area (Å²) in [5, 5.41) is 13.2. The number of aromatic nitrogens is 1. The molecule has 2 atom stereocenters. The first-order chi connectivity index (χ1) is 10.8. The summed E-state index contributed by atoms with van der Waals surface area (Å²) in [5.74, 6) is -0.254. The average Bonchev–Trinajstić information content (AvgIpc) is 2.51. The van der Waals surface area contributed by atoms with Gasteiger partial charge in [0.2, 0.25) is 5.88 Å². The molecule has 0 saturated heterocycles. The molecule has 0 aromatic carbocycles. The van der Waals surface area contributed by atoms with E-state index < -0.39 is 18.1 Å². The number of methoxy groups -OCH3 is 1. The molecule has 0 aliphatic heterocycles. The maximum atomic E-state index is 11.3. The fourth-order valence-corrected chi connectivity index (χ4v) is 2.11. The van der Waals surface area contributed by atoms with E-state index >= 15 is 0 Å². The summed E-state index contributed by atoms with van der Waals surface area (Å²) in [5.41, 5.74) is 6.49. The van der Waals surface area contributed by atoms with Gasteiger partial charge in [0, 0.05) is 24.8 Å². The average molecular weight is 346 g/mol. The number of nitrogens with one attached hydrogen (secondary N) is 1. The van der Waals surface area contributed by atoms with Gasteiger partial charge in [-0.15, -0.1) is 0 Å². The van der Waals surface area contributed by atoms with Crippen LogP contribution in [0.4, 0.5) is 0 Å². The number of carbonyl (C=O) groups excluding carboxylic acids is 1. The van der Waals surface area contributed by atoms with Crippen LogP contribution in [-0.2, 0) is 9.53 Å². The number of carbonyl (C=O) groups is 1. The Bertz CT molecular complexity index is 513. The van der Waals surface area contributed by atoms with Crippen molar-refractivity contribution in [1.82, 2.24) is 10.3 Å². The number of rotatable bonds is 9. The molecule has 0 bridgehead atoms. The SMILES string of the molecule is COC(=O)CC(N)c1ccnc(OCC(O)CNC(C)C)c1Cl. The van der Waals surface area contributed by atoms with Gasteiger partial charge in [-0.1, -0.05) is 25.4 Å². The molecule has 1 aromatic heterocycles. The van der Waals surface area contributed by atoms with Crippen molar-refractivity contribution in [3.63, 3.8) is 0 Å². The van der Waals surface area contributed by atoms with Gasteiger partial charge >= 0.3 is 5.97 Å². The molecule has 0 fully saturated rings. The zero-order valence-electron chi connectivity index (χ0n) is 13.6. The van der Waals surface area contributed by atoms with Crippen LogP contribution in [0.25, 0.3) is 0 Å². The number of hydrogen-bond donors (Lipinski definition) is 3. The molecule has 4 N–H and O–H groups in total. The second kappa shape index (κ2) is 9.67. The molecule has 0 radical (unpaired) electrons. The summed E-state index contributed by atoms with van der Waals surface area (Å²) in [6, 6.07) is 1.28. The lowest BCUT2D eigenvalue weighted by Gasteiger charge is -2.17. The van der Waals surface area contributed by atoms with Gasteiger partial charge in [0.25, 0.3) is 0 Å². The van der Waals surface area contributed by atoms with Gasteiger partial charge < -0.3 is 25.6 Å². The second-order valence-corrected chi connectivity index (χ2v) is 5.81. The molecule has 0 saturated carbocycles. The van der Waals surface area contributed by atoms with Crippen molar-refractivity contribution in [1.29, 1.82) is 0 Å². The molecule has 0 amide bonds. The highest BCUT2D eigenvalue weighted by Gasteiger charge is 2.19. The van der Waals surface area contributed by atoms with Crippen LogP contribution in [0, 0.1) is 0 Å². The smallest absolute Gasteiger partial charge is 0.307 e. The zero-order chi connectivity index (χ0) is 17.4. The Kier molecular flexibility index (Phi) is 8.25. The van der Waals surface area contributed by atoms with E-state index in [1.54, 1.807) is 6.07 Å². The number of hydrogen-bond acceptors (Lipinski definition) is 7. The van der Waals surface area contributed by atoms with E-state index in [2.05, 4.69) is 15.0 Å². The van der Waals surface area contributed by atoms with Crippen molar-refractivity contribution in [2.24, 2.45) is 5.73 Å². The van der Waals surface area contributed by atoms with Crippen LogP contribution in [-0.4, -0.2) is 48.5 Å². The van der Waals surface area contributed by atoms with E-state index in [9.17, 15) is 9.90 Å². The Morgan fingerprint density at radius 1 is 1.52 bits per heavy atom. The molecular formula is C15H24ClN3O4. The summed E-state index contributed by atoms with van der Waals surface area (Å²) in [6.45, 7) is 4.41. The normalized spacial score (nSPS) is 13.7. The van der Waals surface area contributed by atoms with E-state index in [-0.39, 0.29) is 30.0 Å². The highest BCUT2D eigenvalue weighted by Crippen LogP contribution is 2.30. The van der Waals surface area contributed by atoms with Crippen LogP contribution >= 0.6 is 11.6 Å². The molecule has 0 aliphatic rings. The first-order valence-corrected chi connectivity index (χ1v) is 7.74. The van der Waals surface area contributed by atoms with Gasteiger partial charge in [0.1, 0.15) is 17.7 Å². The summed E-state index contributed by atoms with van der Waals surface area (Å²) in [4.78, 5) is 15.3. The summed E-state index contributed by atoms with van der Waals surface area (Å²) < 4.78 is 10.0. The van der Waals surface area contributed by atoms with Gasteiger partial charge in [0.05, 0.1) is 13.5 Å². The maximum absolute atomic E-state index is 11.3. The van der Waals surface area contributed by atoms with E-state index in [0.717, 1.165) is 0 Å². The Morgan fingerprint density at radius 2 is 2.22 bits per heavy atom. The summed E-state index contributed by atoms with van der Waals surface area (Å²) in [7, 11) is 1.30. The highest BCUT2D eigenvalue weighted by atomic mass is 35.5. The predicted octanol–water partition coefficient (Wildman–Crippen LogP) is 1.04. The van der Waals surface area contributed by atoms with E-state index in [1.807, 2.05) is 13.8 Å². The molecule has 8 heteroatoms. The van der Waals surface area contributed by atoms with Crippen molar-refractivity contribution >= 4 is 17.6 Å². The van der Waals surface area contributed by atoms with Gasteiger partial charge in [0.15, 0.2) is 0 Å². The van der Waals surface area contributed by atoms with Gasteiger partial charge in [-0.25, -0.2) is 4.98 Å². The minimum absolute atomic E-state index is 0.000602. The molecule has 1 rings (SSSR count). The van der Waals surface area contributed by atoms with Gasteiger partial charge in [-0.3, -0.25) is 4.79 Å². The number of nitrogens with zero attached hydrogens (tertiary/aromatic N) is 1. The number of aliphatic hydroxyl groups excluding tert-OH is 1. The topological polar surface area (TPSA) is 107 Å². The Hall–Kier alpha value is -1.41. The van der Waals surface area contributed by atoms with Crippen molar-refractivity contribution < 1.29 is 19.4 Å². The molecule has 130 valence electrons.